The Morgan fingerprint density at radius 1 is 1.09 bits per heavy atom. The molecular weight excluding hydrogens is 620 g/mol. The normalized spacial score (nSPS) is 19.0. The van der Waals surface area contributed by atoms with Gasteiger partial charge in [-0.15, -0.1) is 0 Å². The summed E-state index contributed by atoms with van der Waals surface area (Å²) in [6.07, 6.45) is -0.923. The first-order valence-corrected chi connectivity index (χ1v) is 15.7. The summed E-state index contributed by atoms with van der Waals surface area (Å²) >= 11 is 11.7. The van der Waals surface area contributed by atoms with Crippen LogP contribution < -0.4 is 14.4 Å². The Hall–Kier alpha value is -3.41. The van der Waals surface area contributed by atoms with Gasteiger partial charge in [0.15, 0.2) is 16.5 Å². The molecule has 2 heterocycles. The van der Waals surface area contributed by atoms with Crippen LogP contribution in [0.25, 0.3) is 0 Å². The standard InChI is InChI=1S/C33H41ClN2O8S/c1-20(45)43-19-33(2,3)18-36-25-10-9-22(34)16-24(25)30(23-7-6-8-26(41-4)31(23)42-5)44-27(32(36)40)17-28(37)35-13-11-21(12-14-35)15-29(38)39/h6-10,16,21,27,30H,11-15,17-19H2,1-5H3,(H,38,39)/t27-,30-/m1/s1. The van der Waals surface area contributed by atoms with Crippen molar-refractivity contribution in [2.75, 3.05) is 45.4 Å². The first-order chi connectivity index (χ1) is 21.3. The molecule has 0 aliphatic carbocycles. The number of rotatable bonds is 11. The van der Waals surface area contributed by atoms with E-state index in [2.05, 4.69) is 0 Å². The number of ether oxygens (including phenoxy) is 4. The van der Waals surface area contributed by atoms with Gasteiger partial charge >= 0.3 is 5.97 Å². The summed E-state index contributed by atoms with van der Waals surface area (Å²) in [4.78, 5) is 42.7. The zero-order valence-corrected chi connectivity index (χ0v) is 27.9. The Balaban J connectivity index is 1.75. The molecule has 0 spiro atoms. The summed E-state index contributed by atoms with van der Waals surface area (Å²) in [6.45, 7) is 7.02. The van der Waals surface area contributed by atoms with Gasteiger partial charge in [-0.3, -0.25) is 14.4 Å². The highest BCUT2D eigenvalue weighted by Gasteiger charge is 2.41. The summed E-state index contributed by atoms with van der Waals surface area (Å²) in [7, 11) is 3.07. The third-order valence-corrected chi connectivity index (χ3v) is 8.52. The lowest BCUT2D eigenvalue weighted by Crippen LogP contribution is -2.48. The molecule has 1 saturated heterocycles. The molecule has 0 aromatic heterocycles. The molecule has 10 nitrogen and oxygen atoms in total. The number of hydrogen-bond donors (Lipinski definition) is 1. The fourth-order valence-corrected chi connectivity index (χ4v) is 6.16. The number of carbonyl (C=O) groups excluding carboxylic acids is 2. The van der Waals surface area contributed by atoms with E-state index in [9.17, 15) is 19.5 Å². The summed E-state index contributed by atoms with van der Waals surface area (Å²) in [5.74, 6) is -0.508. The number of carboxylic acid groups (broad SMARTS) is 1. The van der Waals surface area contributed by atoms with Crippen molar-refractivity contribution < 1.29 is 38.4 Å². The number of benzene rings is 2. The molecule has 4 rings (SSSR count). The number of hydrogen-bond acceptors (Lipinski definition) is 8. The van der Waals surface area contributed by atoms with Gasteiger partial charge in [-0.05, 0) is 55.2 Å². The number of thiocarbonyl (C=S) groups is 1. The molecule has 0 saturated carbocycles. The maximum atomic E-state index is 14.5. The molecule has 45 heavy (non-hydrogen) atoms. The molecule has 2 amide bonds. The lowest BCUT2D eigenvalue weighted by atomic mass is 9.92. The number of methoxy groups -OCH3 is 2. The van der Waals surface area contributed by atoms with Crippen molar-refractivity contribution in [3.8, 4) is 11.5 Å². The van der Waals surface area contributed by atoms with E-state index in [-0.39, 0.29) is 43.7 Å². The minimum Gasteiger partial charge on any atom is -0.493 e. The van der Waals surface area contributed by atoms with Gasteiger partial charge in [-0.1, -0.05) is 37.6 Å². The van der Waals surface area contributed by atoms with Crippen LogP contribution in [-0.4, -0.2) is 79.4 Å². The van der Waals surface area contributed by atoms with E-state index in [4.69, 9.17) is 42.8 Å². The first kappa shape index (κ1) is 34.5. The van der Waals surface area contributed by atoms with Crippen molar-refractivity contribution in [3.63, 3.8) is 0 Å². The number of para-hydroxylation sites is 1. The van der Waals surface area contributed by atoms with Crippen LogP contribution in [0.15, 0.2) is 36.4 Å². The molecule has 2 aliphatic rings. The monoisotopic (exact) mass is 660 g/mol. The Kier molecular flexibility index (Phi) is 11.3. The average molecular weight is 661 g/mol. The molecule has 1 fully saturated rings. The Bertz CT molecular complexity index is 1430. The van der Waals surface area contributed by atoms with E-state index in [1.807, 2.05) is 26.0 Å². The minimum absolute atomic E-state index is 0.0161. The summed E-state index contributed by atoms with van der Waals surface area (Å²) in [6, 6.07) is 10.7. The van der Waals surface area contributed by atoms with E-state index in [0.717, 1.165) is 0 Å². The van der Waals surface area contributed by atoms with Crippen LogP contribution in [0, 0.1) is 11.3 Å². The Morgan fingerprint density at radius 3 is 2.42 bits per heavy atom. The number of amides is 2. The Morgan fingerprint density at radius 2 is 1.80 bits per heavy atom. The lowest BCUT2D eigenvalue weighted by Gasteiger charge is -2.34. The summed E-state index contributed by atoms with van der Waals surface area (Å²) < 4.78 is 23.7. The fraction of sp³-hybridized carbons (Fsp3) is 0.515. The third-order valence-electron chi connectivity index (χ3n) is 8.16. The summed E-state index contributed by atoms with van der Waals surface area (Å²) in [5.41, 5.74) is 1.31. The number of halogens is 1. The van der Waals surface area contributed by atoms with Gasteiger partial charge in [0, 0.05) is 60.2 Å². The van der Waals surface area contributed by atoms with E-state index in [1.165, 1.54) is 7.11 Å². The van der Waals surface area contributed by atoms with Crippen molar-refractivity contribution in [3.05, 3.63) is 52.5 Å². The molecule has 0 radical (unpaired) electrons. The number of fused-ring (bicyclic) bond motifs is 1. The lowest BCUT2D eigenvalue weighted by molar-refractivity contribution is -0.144. The molecule has 12 heteroatoms. The van der Waals surface area contributed by atoms with Gasteiger partial charge in [0.25, 0.3) is 5.91 Å². The largest absolute Gasteiger partial charge is 0.493 e. The predicted octanol–water partition coefficient (Wildman–Crippen LogP) is 5.67. The van der Waals surface area contributed by atoms with Gasteiger partial charge in [-0.2, -0.15) is 0 Å². The van der Waals surface area contributed by atoms with Gasteiger partial charge in [0.1, 0.15) is 12.2 Å². The zero-order valence-electron chi connectivity index (χ0n) is 26.3. The van der Waals surface area contributed by atoms with E-state index < -0.39 is 23.6 Å². The van der Waals surface area contributed by atoms with Crippen LogP contribution in [0.2, 0.25) is 5.02 Å². The number of carboxylic acids is 1. The van der Waals surface area contributed by atoms with Crippen LogP contribution in [0.4, 0.5) is 5.69 Å². The smallest absolute Gasteiger partial charge is 0.303 e. The topological polar surface area (TPSA) is 115 Å². The molecule has 244 valence electrons. The van der Waals surface area contributed by atoms with Gasteiger partial charge < -0.3 is 33.9 Å². The van der Waals surface area contributed by atoms with Crippen molar-refractivity contribution in [2.24, 2.45) is 11.3 Å². The van der Waals surface area contributed by atoms with Gasteiger partial charge in [0.2, 0.25) is 5.91 Å². The van der Waals surface area contributed by atoms with Crippen LogP contribution in [0.5, 0.6) is 11.5 Å². The van der Waals surface area contributed by atoms with E-state index in [1.54, 1.807) is 48.1 Å². The first-order valence-electron chi connectivity index (χ1n) is 14.9. The molecule has 1 N–H and O–H groups in total. The number of likely N-dealkylation sites (tertiary alicyclic amines) is 1. The van der Waals surface area contributed by atoms with Crippen LogP contribution in [-0.2, 0) is 23.9 Å². The van der Waals surface area contributed by atoms with Crippen LogP contribution in [0.3, 0.4) is 0 Å². The van der Waals surface area contributed by atoms with Crippen molar-refractivity contribution in [1.82, 2.24) is 4.90 Å². The van der Waals surface area contributed by atoms with Crippen molar-refractivity contribution in [1.29, 1.82) is 0 Å². The highest BCUT2D eigenvalue weighted by molar-refractivity contribution is 7.80. The van der Waals surface area contributed by atoms with Crippen LogP contribution >= 0.6 is 23.8 Å². The fourth-order valence-electron chi connectivity index (χ4n) is 5.92. The van der Waals surface area contributed by atoms with E-state index >= 15 is 0 Å². The molecule has 2 aromatic rings. The molecule has 2 aliphatic heterocycles. The van der Waals surface area contributed by atoms with Gasteiger partial charge in [-0.25, -0.2) is 0 Å². The second-order valence-electron chi connectivity index (χ2n) is 12.3. The summed E-state index contributed by atoms with van der Waals surface area (Å²) in [5, 5.41) is 10.0. The molecule has 2 aromatic carbocycles. The van der Waals surface area contributed by atoms with E-state index in [0.29, 0.717) is 64.3 Å². The van der Waals surface area contributed by atoms with Crippen LogP contribution in [0.1, 0.15) is 63.7 Å². The molecule has 2 atom stereocenters. The highest BCUT2D eigenvalue weighted by atomic mass is 35.5. The SMILES string of the molecule is COc1cccc([C@H]2O[C@H](CC(=O)N3CCC(CC(=O)O)CC3)C(=O)N(CC(C)(C)COC(C)=S)c3ccc(Cl)cc32)c1OC. The number of nitrogens with zero attached hydrogens (tertiary/aromatic N) is 2. The highest BCUT2D eigenvalue weighted by Crippen LogP contribution is 2.45. The second kappa shape index (κ2) is 14.8. The van der Waals surface area contributed by atoms with Crippen molar-refractivity contribution in [2.45, 2.75) is 58.7 Å². The van der Waals surface area contributed by atoms with Crippen molar-refractivity contribution >= 4 is 52.3 Å². The molecule has 0 bridgehead atoms. The maximum absolute atomic E-state index is 14.5. The number of piperidine rings is 1. The predicted molar refractivity (Wildman–Crippen MR) is 174 cm³/mol. The van der Waals surface area contributed by atoms with Gasteiger partial charge in [0.05, 0.1) is 27.2 Å². The minimum atomic E-state index is -1.15. The zero-order chi connectivity index (χ0) is 32.9. The average Bonchev–Trinajstić information content (AvgIpc) is 3.09. The number of aliphatic carboxylic acids is 1. The number of anilines is 1. The molecular formula is C33H41ClN2O8S. The quantitative estimate of drug-likeness (QED) is 0.304. The Labute approximate surface area is 274 Å². The number of carbonyl (C=O) groups is 3. The third kappa shape index (κ3) is 8.45. The molecule has 0 unspecified atom stereocenters. The maximum Gasteiger partial charge on any atom is 0.303 e. The second-order valence-corrected chi connectivity index (χ2v) is 13.3.